The molecule has 0 aromatic heterocycles. The van der Waals surface area contributed by atoms with E-state index >= 15 is 0 Å². The zero-order valence-corrected chi connectivity index (χ0v) is 11.2. The second kappa shape index (κ2) is 6.78. The number of ether oxygens (including phenoxy) is 1. The van der Waals surface area contributed by atoms with E-state index < -0.39 is 18.3 Å². The Kier molecular flexibility index (Phi) is 5.62. The van der Waals surface area contributed by atoms with Crippen LogP contribution in [0.4, 0.5) is 17.6 Å². The number of benzene rings is 1. The maximum absolute atomic E-state index is 12.8. The molecular weight excluding hydrogens is 302 g/mol. The average molecular weight is 314 g/mol. The van der Waals surface area contributed by atoms with Crippen molar-refractivity contribution >= 4 is 17.5 Å². The van der Waals surface area contributed by atoms with E-state index in [2.05, 4.69) is 0 Å². The molecule has 3 nitrogen and oxygen atoms in total. The summed E-state index contributed by atoms with van der Waals surface area (Å²) in [5.41, 5.74) is 0. The fraction of sp³-hybridized carbons (Fsp3) is 0.417. The van der Waals surface area contributed by atoms with E-state index in [-0.39, 0.29) is 13.2 Å². The number of hydrogen-bond donors (Lipinski definition) is 0. The van der Waals surface area contributed by atoms with E-state index in [4.69, 9.17) is 16.3 Å². The van der Waals surface area contributed by atoms with Crippen molar-refractivity contribution in [2.45, 2.75) is 12.3 Å². The van der Waals surface area contributed by atoms with E-state index in [0.717, 1.165) is 7.05 Å². The first-order valence-electron chi connectivity index (χ1n) is 5.55. The minimum absolute atomic E-state index is 0.148. The summed E-state index contributed by atoms with van der Waals surface area (Å²) in [7, 11) is 0.995. The molecule has 1 rings (SSSR count). The first-order valence-corrected chi connectivity index (χ1v) is 5.93. The lowest BCUT2D eigenvalue weighted by atomic mass is 10.3. The molecule has 1 amide bonds. The van der Waals surface area contributed by atoms with E-state index in [1.807, 2.05) is 0 Å². The van der Waals surface area contributed by atoms with Crippen molar-refractivity contribution in [3.63, 3.8) is 0 Å². The van der Waals surface area contributed by atoms with Gasteiger partial charge in [0.2, 0.25) is 0 Å². The van der Waals surface area contributed by atoms with Gasteiger partial charge in [-0.2, -0.15) is 8.78 Å². The molecule has 0 saturated heterocycles. The third-order valence-electron chi connectivity index (χ3n) is 2.43. The molecule has 0 saturated carbocycles. The van der Waals surface area contributed by atoms with Gasteiger partial charge in [0.1, 0.15) is 12.4 Å². The van der Waals surface area contributed by atoms with Gasteiger partial charge in [-0.3, -0.25) is 4.79 Å². The maximum atomic E-state index is 12.8. The summed E-state index contributed by atoms with van der Waals surface area (Å²) in [6.07, 6.45) is -4.04. The van der Waals surface area contributed by atoms with Gasteiger partial charge < -0.3 is 9.64 Å². The van der Waals surface area contributed by atoms with Crippen LogP contribution in [0.15, 0.2) is 24.3 Å². The fourth-order valence-corrected chi connectivity index (χ4v) is 1.49. The third-order valence-corrected chi connectivity index (χ3v) is 2.74. The Bertz CT molecular complexity index is 471. The number of halogens is 5. The number of likely N-dealkylation sites (N-methyl/N-ethyl adjacent to an activating group) is 1. The SMILES string of the molecule is CN(CCOc1ccccc1Cl)C(=O)C(F)(F)C(F)F. The largest absolute Gasteiger partial charge is 0.490 e. The van der Waals surface area contributed by atoms with Crippen LogP contribution < -0.4 is 4.74 Å². The van der Waals surface area contributed by atoms with Gasteiger partial charge >= 0.3 is 12.3 Å². The topological polar surface area (TPSA) is 29.5 Å². The molecule has 20 heavy (non-hydrogen) atoms. The monoisotopic (exact) mass is 313 g/mol. The molecule has 0 radical (unpaired) electrons. The highest BCUT2D eigenvalue weighted by molar-refractivity contribution is 6.32. The Morgan fingerprint density at radius 3 is 2.55 bits per heavy atom. The molecule has 0 aliphatic carbocycles. The summed E-state index contributed by atoms with van der Waals surface area (Å²) in [4.78, 5) is 11.6. The highest BCUT2D eigenvalue weighted by Gasteiger charge is 2.50. The second-order valence-corrected chi connectivity index (χ2v) is 4.34. The quantitative estimate of drug-likeness (QED) is 0.755. The summed E-state index contributed by atoms with van der Waals surface area (Å²) in [6.45, 7) is -0.419. The molecular formula is C12H12ClF4NO2. The molecule has 0 fully saturated rings. The van der Waals surface area contributed by atoms with Crippen LogP contribution in [0, 0.1) is 0 Å². The van der Waals surface area contributed by atoms with Gasteiger partial charge in [0.25, 0.3) is 5.91 Å². The van der Waals surface area contributed by atoms with Gasteiger partial charge in [-0.05, 0) is 12.1 Å². The Balaban J connectivity index is 2.50. The van der Waals surface area contributed by atoms with Crippen molar-refractivity contribution in [3.05, 3.63) is 29.3 Å². The van der Waals surface area contributed by atoms with Crippen LogP contribution in [0.2, 0.25) is 5.02 Å². The molecule has 0 bridgehead atoms. The van der Waals surface area contributed by atoms with Gasteiger partial charge in [-0.1, -0.05) is 23.7 Å². The van der Waals surface area contributed by atoms with Gasteiger partial charge in [-0.25, -0.2) is 8.78 Å². The van der Waals surface area contributed by atoms with Gasteiger partial charge in [0.05, 0.1) is 11.6 Å². The Morgan fingerprint density at radius 1 is 1.40 bits per heavy atom. The second-order valence-electron chi connectivity index (χ2n) is 3.93. The van der Waals surface area contributed by atoms with Crippen molar-refractivity contribution in [1.82, 2.24) is 4.90 Å². The lowest BCUT2D eigenvalue weighted by molar-refractivity contribution is -0.179. The van der Waals surface area contributed by atoms with Crippen molar-refractivity contribution in [1.29, 1.82) is 0 Å². The van der Waals surface area contributed by atoms with E-state index in [0.29, 0.717) is 15.7 Å². The first kappa shape index (κ1) is 16.6. The lowest BCUT2D eigenvalue weighted by Gasteiger charge is -2.22. The molecule has 0 unspecified atom stereocenters. The zero-order valence-electron chi connectivity index (χ0n) is 10.5. The molecule has 112 valence electrons. The van der Waals surface area contributed by atoms with Crippen molar-refractivity contribution < 1.29 is 27.1 Å². The summed E-state index contributed by atoms with van der Waals surface area (Å²) >= 11 is 5.79. The van der Waals surface area contributed by atoms with Crippen LogP contribution in [0.1, 0.15) is 0 Å². The summed E-state index contributed by atoms with van der Waals surface area (Å²) in [5.74, 6) is -6.33. The molecule has 0 spiro atoms. The third kappa shape index (κ3) is 4.00. The van der Waals surface area contributed by atoms with E-state index in [9.17, 15) is 22.4 Å². The number of nitrogens with zero attached hydrogens (tertiary/aromatic N) is 1. The average Bonchev–Trinajstić information content (AvgIpc) is 2.39. The van der Waals surface area contributed by atoms with Gasteiger partial charge in [0.15, 0.2) is 0 Å². The molecule has 0 N–H and O–H groups in total. The molecule has 0 aliphatic heterocycles. The number of hydrogen-bond acceptors (Lipinski definition) is 2. The number of amides is 1. The fourth-order valence-electron chi connectivity index (χ4n) is 1.30. The predicted octanol–water partition coefficient (Wildman–Crippen LogP) is 3.08. The van der Waals surface area contributed by atoms with Crippen LogP contribution >= 0.6 is 11.6 Å². The lowest BCUT2D eigenvalue weighted by Crippen LogP contribution is -2.47. The summed E-state index contributed by atoms with van der Waals surface area (Å²) in [6, 6.07) is 6.45. The van der Waals surface area contributed by atoms with Crippen LogP contribution in [-0.2, 0) is 4.79 Å². The smallest absolute Gasteiger partial charge is 0.383 e. The van der Waals surface area contributed by atoms with Gasteiger partial charge in [0, 0.05) is 7.05 Å². The number of alkyl halides is 4. The van der Waals surface area contributed by atoms with Crippen LogP contribution in [0.3, 0.4) is 0 Å². The normalized spacial score (nSPS) is 11.6. The van der Waals surface area contributed by atoms with Crippen LogP contribution in [0.5, 0.6) is 5.75 Å². The minimum Gasteiger partial charge on any atom is -0.490 e. The van der Waals surface area contributed by atoms with Crippen molar-refractivity contribution in [2.75, 3.05) is 20.2 Å². The van der Waals surface area contributed by atoms with Crippen LogP contribution in [-0.4, -0.2) is 43.4 Å². The Labute approximate surface area is 118 Å². The molecule has 0 aliphatic rings. The molecule has 0 heterocycles. The van der Waals surface area contributed by atoms with E-state index in [1.54, 1.807) is 24.3 Å². The summed E-state index contributed by atoms with van der Waals surface area (Å²) in [5, 5.41) is 0.319. The predicted molar refractivity (Wildman–Crippen MR) is 65.5 cm³/mol. The highest BCUT2D eigenvalue weighted by Crippen LogP contribution is 2.25. The number of para-hydroxylation sites is 1. The van der Waals surface area contributed by atoms with Crippen molar-refractivity contribution in [3.8, 4) is 5.75 Å². The molecule has 1 aromatic rings. The Morgan fingerprint density at radius 2 is 2.00 bits per heavy atom. The summed E-state index contributed by atoms with van der Waals surface area (Å²) < 4.78 is 54.8. The number of carbonyl (C=O) groups is 1. The molecule has 0 atom stereocenters. The maximum Gasteiger partial charge on any atom is 0.383 e. The highest BCUT2D eigenvalue weighted by atomic mass is 35.5. The van der Waals surface area contributed by atoms with Crippen molar-refractivity contribution in [2.24, 2.45) is 0 Å². The molecule has 8 heteroatoms. The molecule has 1 aromatic carbocycles. The number of carbonyl (C=O) groups excluding carboxylic acids is 1. The van der Waals surface area contributed by atoms with E-state index in [1.165, 1.54) is 0 Å². The minimum atomic E-state index is -4.70. The Hall–Kier alpha value is -1.50. The first-order chi connectivity index (χ1) is 9.26. The zero-order chi connectivity index (χ0) is 15.3. The van der Waals surface area contributed by atoms with Gasteiger partial charge in [-0.15, -0.1) is 0 Å². The standard InChI is InChI=1S/C12H12ClF4NO2/c1-18(11(19)12(16,17)10(14)15)6-7-20-9-5-3-2-4-8(9)13/h2-5,10H,6-7H2,1H3. The number of rotatable bonds is 6. The van der Waals surface area contributed by atoms with Crippen LogP contribution in [0.25, 0.3) is 0 Å².